The van der Waals surface area contributed by atoms with Gasteiger partial charge in [-0.1, -0.05) is 11.6 Å². The lowest BCUT2D eigenvalue weighted by Crippen LogP contribution is -2.54. The standard InChI is InChI=1S/C21H26ClN5O5/c1-13-12-25(20(28)32-21(2,3)4)9-10-26(13)14-5-7-15(8-6-14)31-18-16(22)11-24-19(23)17(18)27(29)30/h5-8,11,13H,9-10,12H2,1-4H3,(H2,23,24)/t13-/m1/s1. The fourth-order valence-corrected chi connectivity index (χ4v) is 3.58. The van der Waals surface area contributed by atoms with E-state index in [0.29, 0.717) is 25.4 Å². The smallest absolute Gasteiger partial charge is 0.410 e. The number of rotatable bonds is 4. The van der Waals surface area contributed by atoms with Gasteiger partial charge in [0.05, 0.1) is 11.1 Å². The van der Waals surface area contributed by atoms with Gasteiger partial charge in [-0.3, -0.25) is 10.1 Å². The molecule has 0 bridgehead atoms. The van der Waals surface area contributed by atoms with E-state index in [4.69, 9.17) is 26.8 Å². The molecular weight excluding hydrogens is 438 g/mol. The summed E-state index contributed by atoms with van der Waals surface area (Å²) >= 11 is 6.05. The van der Waals surface area contributed by atoms with Crippen LogP contribution >= 0.6 is 11.6 Å². The van der Waals surface area contributed by atoms with E-state index in [-0.39, 0.29) is 28.7 Å². The molecule has 1 fully saturated rings. The van der Waals surface area contributed by atoms with E-state index in [9.17, 15) is 14.9 Å². The second kappa shape index (κ2) is 9.07. The molecule has 0 spiro atoms. The Bertz CT molecular complexity index is 1010. The monoisotopic (exact) mass is 463 g/mol. The van der Waals surface area contributed by atoms with Crippen molar-refractivity contribution in [2.75, 3.05) is 30.3 Å². The number of ether oxygens (including phenoxy) is 2. The van der Waals surface area contributed by atoms with Crippen LogP contribution in [-0.4, -0.2) is 52.2 Å². The van der Waals surface area contributed by atoms with Crippen LogP contribution in [-0.2, 0) is 4.74 Å². The van der Waals surface area contributed by atoms with Gasteiger partial charge >= 0.3 is 11.8 Å². The summed E-state index contributed by atoms with van der Waals surface area (Å²) < 4.78 is 11.1. The van der Waals surface area contributed by atoms with Crippen LogP contribution in [0.15, 0.2) is 30.5 Å². The summed E-state index contributed by atoms with van der Waals surface area (Å²) in [5.41, 5.74) is 5.53. The molecule has 3 rings (SSSR count). The Morgan fingerprint density at radius 2 is 1.94 bits per heavy atom. The van der Waals surface area contributed by atoms with Crippen LogP contribution < -0.4 is 15.4 Å². The summed E-state index contributed by atoms with van der Waals surface area (Å²) in [6, 6.07) is 7.15. The molecule has 1 saturated heterocycles. The molecular formula is C21H26ClN5O5. The molecule has 11 heteroatoms. The van der Waals surface area contributed by atoms with Gasteiger partial charge in [0, 0.05) is 31.4 Å². The molecule has 1 aromatic heterocycles. The van der Waals surface area contributed by atoms with Crippen molar-refractivity contribution in [1.29, 1.82) is 0 Å². The summed E-state index contributed by atoms with van der Waals surface area (Å²) in [4.78, 5) is 30.6. The minimum Gasteiger partial charge on any atom is -0.448 e. The molecule has 0 unspecified atom stereocenters. The number of hydrogen-bond donors (Lipinski definition) is 1. The molecule has 10 nitrogen and oxygen atoms in total. The fraction of sp³-hybridized carbons (Fsp3) is 0.429. The highest BCUT2D eigenvalue weighted by molar-refractivity contribution is 6.32. The Kier molecular flexibility index (Phi) is 6.63. The molecule has 0 aliphatic carbocycles. The zero-order valence-corrected chi connectivity index (χ0v) is 19.1. The van der Waals surface area contributed by atoms with Crippen molar-refractivity contribution < 1.29 is 19.2 Å². The topological polar surface area (TPSA) is 124 Å². The third-order valence-corrected chi connectivity index (χ3v) is 5.11. The number of nitrogens with two attached hydrogens (primary N) is 1. The number of benzene rings is 1. The zero-order chi connectivity index (χ0) is 23.6. The maximum Gasteiger partial charge on any atom is 0.410 e. The van der Waals surface area contributed by atoms with Crippen molar-refractivity contribution in [1.82, 2.24) is 9.88 Å². The van der Waals surface area contributed by atoms with Crippen LogP contribution in [0, 0.1) is 10.1 Å². The van der Waals surface area contributed by atoms with Crippen molar-refractivity contribution in [2.45, 2.75) is 39.3 Å². The third kappa shape index (κ3) is 5.31. The van der Waals surface area contributed by atoms with Gasteiger partial charge in [0.2, 0.25) is 11.6 Å². The van der Waals surface area contributed by atoms with E-state index < -0.39 is 16.2 Å². The van der Waals surface area contributed by atoms with E-state index in [1.54, 1.807) is 17.0 Å². The highest BCUT2D eigenvalue weighted by atomic mass is 35.5. The van der Waals surface area contributed by atoms with Crippen LogP contribution in [0.25, 0.3) is 0 Å². The van der Waals surface area contributed by atoms with E-state index in [1.807, 2.05) is 39.8 Å². The Labute approximate surface area is 191 Å². The van der Waals surface area contributed by atoms with Crippen LogP contribution in [0.3, 0.4) is 0 Å². The molecule has 0 saturated carbocycles. The van der Waals surface area contributed by atoms with E-state index in [2.05, 4.69) is 9.88 Å². The van der Waals surface area contributed by atoms with E-state index in [1.165, 1.54) is 6.20 Å². The highest BCUT2D eigenvalue weighted by Gasteiger charge is 2.30. The van der Waals surface area contributed by atoms with Crippen LogP contribution in [0.1, 0.15) is 27.7 Å². The largest absolute Gasteiger partial charge is 0.448 e. The Hall–Kier alpha value is -3.27. The minimum absolute atomic E-state index is 0.0122. The number of pyridine rings is 1. The molecule has 1 amide bonds. The maximum absolute atomic E-state index is 12.3. The second-order valence-electron chi connectivity index (χ2n) is 8.49. The van der Waals surface area contributed by atoms with Crippen LogP contribution in [0.2, 0.25) is 5.02 Å². The number of nitrogens with zero attached hydrogens (tertiary/aromatic N) is 4. The van der Waals surface area contributed by atoms with Crippen molar-refractivity contribution in [2.24, 2.45) is 0 Å². The summed E-state index contributed by atoms with van der Waals surface area (Å²) in [7, 11) is 0. The lowest BCUT2D eigenvalue weighted by Gasteiger charge is -2.41. The fourth-order valence-electron chi connectivity index (χ4n) is 3.41. The normalized spacial score (nSPS) is 16.6. The predicted molar refractivity (Wildman–Crippen MR) is 121 cm³/mol. The first-order chi connectivity index (χ1) is 15.0. The number of piperazine rings is 1. The quantitative estimate of drug-likeness (QED) is 0.520. The first-order valence-corrected chi connectivity index (χ1v) is 10.4. The molecule has 2 heterocycles. The summed E-state index contributed by atoms with van der Waals surface area (Å²) in [6.45, 7) is 9.27. The van der Waals surface area contributed by atoms with E-state index in [0.717, 1.165) is 5.69 Å². The Morgan fingerprint density at radius 1 is 1.28 bits per heavy atom. The molecule has 1 aromatic carbocycles. The summed E-state index contributed by atoms with van der Waals surface area (Å²) in [6.07, 6.45) is 0.891. The lowest BCUT2D eigenvalue weighted by molar-refractivity contribution is -0.384. The highest BCUT2D eigenvalue weighted by Crippen LogP contribution is 2.40. The van der Waals surface area contributed by atoms with Crippen molar-refractivity contribution in [3.8, 4) is 11.5 Å². The predicted octanol–water partition coefficient (Wildman–Crippen LogP) is 4.46. The summed E-state index contributed by atoms with van der Waals surface area (Å²) in [5, 5.41) is 11.3. The minimum atomic E-state index is -0.677. The van der Waals surface area contributed by atoms with Gasteiger partial charge in [-0.2, -0.15) is 0 Å². The number of amides is 1. The number of carbonyl (C=O) groups is 1. The molecule has 1 aliphatic rings. The van der Waals surface area contributed by atoms with Crippen molar-refractivity contribution >= 4 is 34.9 Å². The van der Waals surface area contributed by atoms with Crippen LogP contribution in [0.4, 0.5) is 22.0 Å². The van der Waals surface area contributed by atoms with Crippen molar-refractivity contribution in [3.63, 3.8) is 0 Å². The zero-order valence-electron chi connectivity index (χ0n) is 18.4. The van der Waals surface area contributed by atoms with Gasteiger partial charge in [0.25, 0.3) is 0 Å². The number of halogens is 1. The molecule has 172 valence electrons. The summed E-state index contributed by atoms with van der Waals surface area (Å²) in [5.74, 6) is -0.0663. The molecule has 2 aromatic rings. The number of nitrogen functional groups attached to an aromatic ring is 1. The second-order valence-corrected chi connectivity index (χ2v) is 8.90. The molecule has 0 radical (unpaired) electrons. The number of hydrogen-bond acceptors (Lipinski definition) is 8. The number of anilines is 2. The van der Waals surface area contributed by atoms with Gasteiger partial charge in [-0.25, -0.2) is 9.78 Å². The van der Waals surface area contributed by atoms with Gasteiger partial charge < -0.3 is 25.0 Å². The molecule has 2 N–H and O–H groups in total. The number of carbonyl (C=O) groups excluding carboxylic acids is 1. The van der Waals surface area contributed by atoms with Crippen molar-refractivity contribution in [3.05, 3.63) is 45.6 Å². The first kappa shape index (κ1) is 23.4. The van der Waals surface area contributed by atoms with Gasteiger partial charge in [0.15, 0.2) is 0 Å². The SMILES string of the molecule is C[C@@H]1CN(C(=O)OC(C)(C)C)CCN1c1ccc(Oc2c(Cl)cnc(N)c2[N+](=O)[O-])cc1. The Balaban J connectivity index is 1.71. The van der Waals surface area contributed by atoms with E-state index >= 15 is 0 Å². The van der Waals surface area contributed by atoms with Gasteiger partial charge in [-0.15, -0.1) is 0 Å². The molecule has 1 atom stereocenters. The third-order valence-electron chi connectivity index (χ3n) is 4.84. The first-order valence-electron chi connectivity index (χ1n) is 10.1. The van der Waals surface area contributed by atoms with Crippen LogP contribution in [0.5, 0.6) is 11.5 Å². The Morgan fingerprint density at radius 3 is 2.50 bits per heavy atom. The number of aromatic nitrogens is 1. The van der Waals surface area contributed by atoms with Gasteiger partial charge in [0.1, 0.15) is 16.4 Å². The molecule has 32 heavy (non-hydrogen) atoms. The molecule has 1 aliphatic heterocycles. The van der Waals surface area contributed by atoms with Gasteiger partial charge in [-0.05, 0) is 52.0 Å². The lowest BCUT2D eigenvalue weighted by atomic mass is 10.1. The number of nitro groups is 1. The maximum atomic E-state index is 12.3. The average molecular weight is 464 g/mol. The average Bonchev–Trinajstić information content (AvgIpc) is 2.70.